The number of phenolic OH excluding ortho intramolecular Hbond substituents is 1. The van der Waals surface area contributed by atoms with Crippen LogP contribution in [0.2, 0.25) is 0 Å². The van der Waals surface area contributed by atoms with Crippen molar-refractivity contribution in [3.63, 3.8) is 0 Å². The van der Waals surface area contributed by atoms with Crippen molar-refractivity contribution in [2.75, 3.05) is 6.54 Å². The standard InChI is InChI=1S/C15H17NO2/c16-9-8-12-6-7-15(14(17)10-12)18-11-13-4-2-1-3-5-13/h1-7,10,17H,8-9,11,16H2. The zero-order chi connectivity index (χ0) is 12.8. The first-order valence-electron chi connectivity index (χ1n) is 5.98. The minimum Gasteiger partial charge on any atom is -0.504 e. The normalized spacial score (nSPS) is 10.3. The topological polar surface area (TPSA) is 55.5 Å². The lowest BCUT2D eigenvalue weighted by atomic mass is 10.1. The van der Waals surface area contributed by atoms with E-state index in [1.807, 2.05) is 36.4 Å². The van der Waals surface area contributed by atoms with Gasteiger partial charge in [0, 0.05) is 0 Å². The minimum absolute atomic E-state index is 0.164. The lowest BCUT2D eigenvalue weighted by molar-refractivity contribution is 0.289. The van der Waals surface area contributed by atoms with Gasteiger partial charge in [0.25, 0.3) is 0 Å². The molecule has 0 saturated heterocycles. The summed E-state index contributed by atoms with van der Waals surface area (Å²) >= 11 is 0. The molecule has 2 aromatic carbocycles. The van der Waals surface area contributed by atoms with Gasteiger partial charge in [-0.2, -0.15) is 0 Å². The molecule has 0 radical (unpaired) electrons. The molecular weight excluding hydrogens is 226 g/mol. The number of nitrogens with two attached hydrogens (primary N) is 1. The monoisotopic (exact) mass is 243 g/mol. The molecule has 0 aliphatic carbocycles. The maximum absolute atomic E-state index is 9.83. The van der Waals surface area contributed by atoms with Crippen molar-refractivity contribution in [1.29, 1.82) is 0 Å². The molecule has 0 spiro atoms. The number of hydrogen-bond acceptors (Lipinski definition) is 3. The number of benzene rings is 2. The van der Waals surface area contributed by atoms with Crippen LogP contribution in [0.25, 0.3) is 0 Å². The lowest BCUT2D eigenvalue weighted by Gasteiger charge is -2.09. The Kier molecular flexibility index (Phi) is 4.20. The van der Waals surface area contributed by atoms with Crippen molar-refractivity contribution in [3.8, 4) is 11.5 Å². The first kappa shape index (κ1) is 12.5. The smallest absolute Gasteiger partial charge is 0.161 e. The van der Waals surface area contributed by atoms with Gasteiger partial charge in [0.05, 0.1) is 0 Å². The summed E-state index contributed by atoms with van der Waals surface area (Å²) in [5.41, 5.74) is 7.56. The molecule has 94 valence electrons. The number of rotatable bonds is 5. The van der Waals surface area contributed by atoms with Gasteiger partial charge in [-0.25, -0.2) is 0 Å². The first-order chi connectivity index (χ1) is 8.79. The van der Waals surface area contributed by atoms with Crippen molar-refractivity contribution < 1.29 is 9.84 Å². The van der Waals surface area contributed by atoms with Crippen LogP contribution in [0.1, 0.15) is 11.1 Å². The highest BCUT2D eigenvalue weighted by Crippen LogP contribution is 2.27. The molecule has 3 N–H and O–H groups in total. The summed E-state index contributed by atoms with van der Waals surface area (Å²) in [6, 6.07) is 15.3. The van der Waals surface area contributed by atoms with E-state index in [1.54, 1.807) is 12.1 Å². The van der Waals surface area contributed by atoms with Crippen molar-refractivity contribution in [1.82, 2.24) is 0 Å². The molecule has 0 aliphatic heterocycles. The van der Waals surface area contributed by atoms with Crippen LogP contribution in [0.5, 0.6) is 11.5 Å². The Bertz CT molecular complexity index is 497. The van der Waals surface area contributed by atoms with E-state index in [0.29, 0.717) is 18.9 Å². The molecule has 3 nitrogen and oxygen atoms in total. The van der Waals surface area contributed by atoms with Gasteiger partial charge in [-0.15, -0.1) is 0 Å². The molecule has 0 unspecified atom stereocenters. The predicted octanol–water partition coefficient (Wildman–Crippen LogP) is 2.47. The van der Waals surface area contributed by atoms with Crippen LogP contribution in [0.15, 0.2) is 48.5 Å². The van der Waals surface area contributed by atoms with Gasteiger partial charge in [-0.1, -0.05) is 36.4 Å². The molecule has 2 rings (SSSR count). The summed E-state index contributed by atoms with van der Waals surface area (Å²) in [5.74, 6) is 0.663. The van der Waals surface area contributed by atoms with Crippen molar-refractivity contribution in [3.05, 3.63) is 59.7 Å². The fraction of sp³-hybridized carbons (Fsp3) is 0.200. The summed E-state index contributed by atoms with van der Waals surface area (Å²) < 4.78 is 5.57. The van der Waals surface area contributed by atoms with Crippen LogP contribution in [0.3, 0.4) is 0 Å². The van der Waals surface area contributed by atoms with E-state index in [0.717, 1.165) is 17.5 Å². The Hall–Kier alpha value is -2.00. The summed E-state index contributed by atoms with van der Waals surface area (Å²) in [7, 11) is 0. The van der Waals surface area contributed by atoms with E-state index < -0.39 is 0 Å². The van der Waals surface area contributed by atoms with E-state index in [-0.39, 0.29) is 5.75 Å². The third-order valence-electron chi connectivity index (χ3n) is 2.69. The second-order valence-corrected chi connectivity index (χ2v) is 4.12. The van der Waals surface area contributed by atoms with Gasteiger partial charge in [0.1, 0.15) is 6.61 Å². The lowest BCUT2D eigenvalue weighted by Crippen LogP contribution is -2.02. The van der Waals surface area contributed by atoms with Crippen molar-refractivity contribution in [2.45, 2.75) is 13.0 Å². The van der Waals surface area contributed by atoms with Crippen LogP contribution in [0, 0.1) is 0 Å². The molecule has 0 fully saturated rings. The third-order valence-corrected chi connectivity index (χ3v) is 2.69. The van der Waals surface area contributed by atoms with Gasteiger partial charge < -0.3 is 15.6 Å². The number of ether oxygens (including phenoxy) is 1. The highest BCUT2D eigenvalue weighted by atomic mass is 16.5. The average molecular weight is 243 g/mol. The zero-order valence-corrected chi connectivity index (χ0v) is 10.2. The van der Waals surface area contributed by atoms with E-state index in [4.69, 9.17) is 10.5 Å². The molecule has 18 heavy (non-hydrogen) atoms. The first-order valence-corrected chi connectivity index (χ1v) is 5.98. The summed E-state index contributed by atoms with van der Waals surface area (Å²) in [6.07, 6.45) is 0.756. The fourth-order valence-corrected chi connectivity index (χ4v) is 1.74. The molecule has 3 heteroatoms. The molecule has 2 aromatic rings. The predicted molar refractivity (Wildman–Crippen MR) is 71.6 cm³/mol. The molecule has 0 aromatic heterocycles. The minimum atomic E-state index is 0.164. The van der Waals surface area contributed by atoms with Gasteiger partial charge >= 0.3 is 0 Å². The van der Waals surface area contributed by atoms with Gasteiger partial charge in [-0.3, -0.25) is 0 Å². The second-order valence-electron chi connectivity index (χ2n) is 4.12. The Morgan fingerprint density at radius 3 is 2.44 bits per heavy atom. The Balaban J connectivity index is 2.01. The molecule has 0 atom stereocenters. The molecule has 0 bridgehead atoms. The Labute approximate surface area is 107 Å². The fourth-order valence-electron chi connectivity index (χ4n) is 1.74. The van der Waals surface area contributed by atoms with Crippen LogP contribution in [0.4, 0.5) is 0 Å². The van der Waals surface area contributed by atoms with Gasteiger partial charge in [0.2, 0.25) is 0 Å². The Morgan fingerprint density at radius 1 is 1.00 bits per heavy atom. The zero-order valence-electron chi connectivity index (χ0n) is 10.2. The van der Waals surface area contributed by atoms with Crippen LogP contribution in [-0.2, 0) is 13.0 Å². The summed E-state index contributed by atoms with van der Waals surface area (Å²) in [5, 5.41) is 9.83. The molecule has 0 amide bonds. The van der Waals surface area contributed by atoms with E-state index in [2.05, 4.69) is 0 Å². The van der Waals surface area contributed by atoms with Crippen LogP contribution in [-0.4, -0.2) is 11.7 Å². The van der Waals surface area contributed by atoms with E-state index >= 15 is 0 Å². The Morgan fingerprint density at radius 2 is 1.78 bits per heavy atom. The maximum Gasteiger partial charge on any atom is 0.161 e. The van der Waals surface area contributed by atoms with Gasteiger partial charge in [0.15, 0.2) is 11.5 Å². The SMILES string of the molecule is NCCc1ccc(OCc2ccccc2)c(O)c1. The third kappa shape index (κ3) is 3.25. The second kappa shape index (κ2) is 6.07. The number of phenols is 1. The van der Waals surface area contributed by atoms with E-state index in [9.17, 15) is 5.11 Å². The van der Waals surface area contributed by atoms with Crippen LogP contribution >= 0.6 is 0 Å². The summed E-state index contributed by atoms with van der Waals surface area (Å²) in [6.45, 7) is 1.02. The van der Waals surface area contributed by atoms with Crippen molar-refractivity contribution >= 4 is 0 Å². The summed E-state index contributed by atoms with van der Waals surface area (Å²) in [4.78, 5) is 0. The highest BCUT2D eigenvalue weighted by molar-refractivity contribution is 5.42. The van der Waals surface area contributed by atoms with Crippen LogP contribution < -0.4 is 10.5 Å². The van der Waals surface area contributed by atoms with Crippen molar-refractivity contribution in [2.24, 2.45) is 5.73 Å². The number of hydrogen-bond donors (Lipinski definition) is 2. The largest absolute Gasteiger partial charge is 0.504 e. The highest BCUT2D eigenvalue weighted by Gasteiger charge is 2.04. The molecule has 0 heterocycles. The number of aromatic hydroxyl groups is 1. The quantitative estimate of drug-likeness (QED) is 0.848. The molecular formula is C15H17NO2. The molecule has 0 aliphatic rings. The molecule has 0 saturated carbocycles. The van der Waals surface area contributed by atoms with E-state index in [1.165, 1.54) is 0 Å². The van der Waals surface area contributed by atoms with Gasteiger partial charge in [-0.05, 0) is 36.2 Å². The average Bonchev–Trinajstić information content (AvgIpc) is 2.39. The maximum atomic E-state index is 9.83.